The highest BCUT2D eigenvalue weighted by atomic mass is 16.4. The number of nitrogens with zero attached hydrogens (tertiary/aromatic N) is 3. The number of carboxylic acid groups (broad SMARTS) is 1. The van der Waals surface area contributed by atoms with Crippen molar-refractivity contribution < 1.29 is 23.9 Å². The van der Waals surface area contributed by atoms with Crippen molar-refractivity contribution >= 4 is 28.8 Å². The van der Waals surface area contributed by atoms with Crippen LogP contribution in [0, 0.1) is 6.92 Å². The number of fused-ring (bicyclic) bond motifs is 2. The normalized spacial score (nSPS) is 13.5. The van der Waals surface area contributed by atoms with Gasteiger partial charge in [-0.05, 0) is 50.1 Å². The second-order valence-corrected chi connectivity index (χ2v) is 10.4. The third-order valence-electron chi connectivity index (χ3n) is 7.89. The third-order valence-corrected chi connectivity index (χ3v) is 7.89. The molecule has 2 amide bonds. The average Bonchev–Trinajstić information content (AvgIpc) is 2.99. The average molecular weight is 555 g/mol. The van der Waals surface area contributed by atoms with Gasteiger partial charge in [0.25, 0.3) is 5.91 Å². The predicted molar refractivity (Wildman–Crippen MR) is 159 cm³/mol. The highest BCUT2D eigenvalue weighted by Crippen LogP contribution is 2.41. The molecule has 8 heteroatoms. The van der Waals surface area contributed by atoms with Crippen molar-refractivity contribution in [3.63, 3.8) is 0 Å². The molecule has 1 aliphatic carbocycles. The van der Waals surface area contributed by atoms with Crippen LogP contribution in [0.3, 0.4) is 0 Å². The summed E-state index contributed by atoms with van der Waals surface area (Å²) in [5.41, 5.74) is 5.18. The van der Waals surface area contributed by atoms with Crippen LogP contribution >= 0.6 is 0 Å². The predicted octanol–water partition coefficient (Wildman–Crippen LogP) is 4.47. The number of carboxylic acids is 1. The summed E-state index contributed by atoms with van der Waals surface area (Å²) in [6.07, 6.45) is -0.215. The lowest BCUT2D eigenvalue weighted by Crippen LogP contribution is -2.50. The van der Waals surface area contributed by atoms with Crippen LogP contribution in [0.2, 0.25) is 0 Å². The van der Waals surface area contributed by atoms with Gasteiger partial charge in [0.15, 0.2) is 0 Å². The van der Waals surface area contributed by atoms with Crippen LogP contribution in [-0.4, -0.2) is 72.0 Å². The molecule has 8 nitrogen and oxygen atoms in total. The number of rotatable bonds is 7. The van der Waals surface area contributed by atoms with Crippen molar-refractivity contribution in [1.82, 2.24) is 14.4 Å². The van der Waals surface area contributed by atoms with Gasteiger partial charge in [-0.3, -0.25) is 14.4 Å². The lowest BCUT2D eigenvalue weighted by Gasteiger charge is -2.35. The number of aryl methyl sites for hydroxylation is 1. The molecule has 2 aromatic rings. The van der Waals surface area contributed by atoms with Gasteiger partial charge < -0.3 is 19.3 Å². The quantitative estimate of drug-likeness (QED) is 0.269. The van der Waals surface area contributed by atoms with Gasteiger partial charge in [-0.25, -0.2) is 4.58 Å². The Bertz CT molecular complexity index is 1660. The molecule has 2 aliphatic heterocycles. The first-order valence-electron chi connectivity index (χ1n) is 14.2. The molecular formula is C33H36N3O5+. The van der Waals surface area contributed by atoms with Crippen LogP contribution in [0.25, 0.3) is 33.4 Å². The zero-order valence-corrected chi connectivity index (χ0v) is 23.9. The summed E-state index contributed by atoms with van der Waals surface area (Å²) in [7, 11) is 0. The lowest BCUT2D eigenvalue weighted by atomic mass is 9.90. The first kappa shape index (κ1) is 28.1. The topological polar surface area (TPSA) is 94.1 Å². The molecule has 0 radical (unpaired) electrons. The van der Waals surface area contributed by atoms with E-state index >= 15 is 0 Å². The Balaban J connectivity index is 1.55. The van der Waals surface area contributed by atoms with E-state index in [1.165, 1.54) is 0 Å². The van der Waals surface area contributed by atoms with Crippen LogP contribution in [0.5, 0.6) is 0 Å². The maximum absolute atomic E-state index is 13.9. The van der Waals surface area contributed by atoms with Crippen molar-refractivity contribution in [2.45, 2.75) is 33.6 Å². The molecule has 2 aromatic carbocycles. The van der Waals surface area contributed by atoms with Gasteiger partial charge in [0, 0.05) is 60.7 Å². The Morgan fingerprint density at radius 1 is 0.854 bits per heavy atom. The van der Waals surface area contributed by atoms with E-state index < -0.39 is 5.97 Å². The number of hydrogen-bond donors (Lipinski definition) is 1. The fourth-order valence-corrected chi connectivity index (χ4v) is 5.65. The van der Waals surface area contributed by atoms with E-state index in [1.807, 2.05) is 37.3 Å². The number of amides is 2. The number of hydrogen-bond acceptors (Lipinski definition) is 4. The number of carbonyl (C=O) groups is 3. The largest absolute Gasteiger partial charge is 0.481 e. The zero-order chi connectivity index (χ0) is 29.1. The van der Waals surface area contributed by atoms with Gasteiger partial charge in [-0.15, -0.1) is 0 Å². The van der Waals surface area contributed by atoms with Crippen molar-refractivity contribution in [3.05, 3.63) is 77.1 Å². The van der Waals surface area contributed by atoms with Gasteiger partial charge in [0.1, 0.15) is 24.4 Å². The Hall–Kier alpha value is -4.46. The fourth-order valence-electron chi connectivity index (χ4n) is 5.65. The zero-order valence-electron chi connectivity index (χ0n) is 23.9. The molecule has 0 aromatic heterocycles. The number of aliphatic carboxylic acids is 1. The molecule has 5 rings (SSSR count). The first-order chi connectivity index (χ1) is 19.8. The Morgan fingerprint density at radius 2 is 1.56 bits per heavy atom. The van der Waals surface area contributed by atoms with Crippen molar-refractivity contribution in [1.29, 1.82) is 0 Å². The minimum absolute atomic E-state index is 0.0270. The summed E-state index contributed by atoms with van der Waals surface area (Å²) in [4.78, 5) is 40.6. The van der Waals surface area contributed by atoms with E-state index in [4.69, 9.17) is 9.52 Å². The molecule has 0 atom stereocenters. The molecule has 3 aliphatic rings. The minimum Gasteiger partial charge on any atom is -0.481 e. The highest BCUT2D eigenvalue weighted by molar-refractivity contribution is 6.09. The van der Waals surface area contributed by atoms with Gasteiger partial charge >= 0.3 is 5.97 Å². The van der Waals surface area contributed by atoms with E-state index in [1.54, 1.807) is 9.80 Å². The molecule has 212 valence electrons. The maximum Gasteiger partial charge on any atom is 0.303 e. The van der Waals surface area contributed by atoms with Gasteiger partial charge in [-0.2, -0.15) is 0 Å². The van der Waals surface area contributed by atoms with E-state index in [0.29, 0.717) is 31.7 Å². The summed E-state index contributed by atoms with van der Waals surface area (Å²) in [5, 5.41) is 10.9. The molecule has 1 saturated heterocycles. The highest BCUT2D eigenvalue weighted by Gasteiger charge is 2.28. The van der Waals surface area contributed by atoms with E-state index in [0.717, 1.165) is 57.4 Å². The van der Waals surface area contributed by atoms with Gasteiger partial charge in [0.05, 0.1) is 12.5 Å². The number of piperazine rings is 1. The molecular weight excluding hydrogens is 518 g/mol. The van der Waals surface area contributed by atoms with Crippen LogP contribution in [-0.2, 0) is 9.59 Å². The number of carbonyl (C=O) groups excluding carboxylic acids is 2. The summed E-state index contributed by atoms with van der Waals surface area (Å²) in [5.74, 6) is -0.507. The van der Waals surface area contributed by atoms with Crippen LogP contribution in [0.15, 0.2) is 65.1 Å². The standard InChI is InChI=1S/C33H35N3O5/c1-4-34(5-2)23-11-13-27-29(21-23)41-28-20-22(3)10-12-26(28)32(27)24-8-6-7-9-25(24)33(40)36-18-16-35(17-19-36)30(37)14-15-31(38)39/h6-13,20-21H,4-5,14-19H2,1-3H3/p+1. The molecule has 0 bridgehead atoms. The number of benzene rings is 3. The van der Waals surface area contributed by atoms with E-state index in [2.05, 4.69) is 48.8 Å². The molecule has 2 heterocycles. The van der Waals surface area contributed by atoms with Crippen molar-refractivity contribution in [3.8, 4) is 22.5 Å². The van der Waals surface area contributed by atoms with Crippen LogP contribution in [0.1, 0.15) is 42.6 Å². The molecule has 41 heavy (non-hydrogen) atoms. The van der Waals surface area contributed by atoms with E-state index in [-0.39, 0.29) is 24.7 Å². The molecule has 0 saturated carbocycles. The minimum atomic E-state index is -0.989. The Morgan fingerprint density at radius 3 is 2.27 bits per heavy atom. The van der Waals surface area contributed by atoms with Crippen molar-refractivity contribution in [2.24, 2.45) is 0 Å². The smallest absolute Gasteiger partial charge is 0.303 e. The molecule has 1 N–H and O–H groups in total. The summed E-state index contributed by atoms with van der Waals surface area (Å²) < 4.78 is 8.73. The summed E-state index contributed by atoms with van der Waals surface area (Å²) in [6.45, 7) is 9.63. The van der Waals surface area contributed by atoms with Crippen LogP contribution in [0.4, 0.5) is 0 Å². The van der Waals surface area contributed by atoms with Gasteiger partial charge in [0.2, 0.25) is 11.3 Å². The van der Waals surface area contributed by atoms with E-state index in [9.17, 15) is 14.4 Å². The Kier molecular flexibility index (Phi) is 8.19. The summed E-state index contributed by atoms with van der Waals surface area (Å²) >= 11 is 0. The Labute approximate surface area is 239 Å². The lowest BCUT2D eigenvalue weighted by molar-refractivity contribution is -0.141. The van der Waals surface area contributed by atoms with Gasteiger partial charge in [-0.1, -0.05) is 30.3 Å². The van der Waals surface area contributed by atoms with Crippen molar-refractivity contribution in [2.75, 3.05) is 39.3 Å². The SMILES string of the molecule is CC[N+](CC)=c1ccc2c(-c3ccccc3C(=O)N3CCN(C(=O)CCC(=O)O)CC3)c3ccc(C)cc3oc-2c1. The monoisotopic (exact) mass is 554 g/mol. The molecule has 0 unspecified atom stereocenters. The third kappa shape index (κ3) is 5.73. The molecule has 0 spiro atoms. The fraction of sp³-hybridized carbons (Fsp3) is 0.333. The molecule has 1 fully saturated rings. The maximum atomic E-state index is 13.9. The van der Waals surface area contributed by atoms with Crippen LogP contribution < -0.4 is 9.93 Å². The first-order valence-corrected chi connectivity index (χ1v) is 14.2. The second-order valence-electron chi connectivity index (χ2n) is 10.4. The summed E-state index contributed by atoms with van der Waals surface area (Å²) in [6, 6.07) is 20.1. The second kappa shape index (κ2) is 12.0.